The molecule has 116 valence electrons. The van der Waals surface area contributed by atoms with Crippen LogP contribution in [0.4, 0.5) is 16.2 Å². The third kappa shape index (κ3) is 1.97. The van der Waals surface area contributed by atoms with Crippen LogP contribution in [-0.2, 0) is 0 Å². The highest BCUT2D eigenvalue weighted by atomic mass is 19.1. The normalized spacial score (nSPS) is 11.3. The molecule has 0 spiro atoms. The van der Waals surface area contributed by atoms with E-state index in [-0.39, 0.29) is 0 Å². The third-order valence-corrected chi connectivity index (χ3v) is 3.56. The van der Waals surface area contributed by atoms with Gasteiger partial charge < -0.3 is 10.6 Å². The molecule has 4 aromatic rings. The number of nitrogens with zero attached hydrogens (tertiary/aromatic N) is 6. The van der Waals surface area contributed by atoms with Crippen LogP contribution in [0, 0.1) is 5.82 Å². The number of hydrogen-bond donors (Lipinski definition) is 2. The topological polar surface area (TPSA) is 84.4 Å². The van der Waals surface area contributed by atoms with E-state index in [0.717, 1.165) is 0 Å². The molecule has 0 atom stereocenters. The van der Waals surface area contributed by atoms with E-state index < -0.39 is 5.82 Å². The minimum Gasteiger partial charge on any atom is -0.371 e. The fraction of sp³-hybridized carbons (Fsp3) is 0.143. The molecule has 0 unspecified atom stereocenters. The van der Waals surface area contributed by atoms with Crippen LogP contribution >= 0.6 is 0 Å². The highest BCUT2D eigenvalue weighted by Crippen LogP contribution is 2.31. The van der Waals surface area contributed by atoms with E-state index in [1.165, 1.54) is 10.7 Å². The molecular formula is C14H13FN8. The van der Waals surface area contributed by atoms with Crippen molar-refractivity contribution in [1.29, 1.82) is 0 Å². The van der Waals surface area contributed by atoms with E-state index in [2.05, 4.69) is 30.8 Å². The van der Waals surface area contributed by atoms with Crippen molar-refractivity contribution in [3.05, 3.63) is 36.5 Å². The molecule has 0 bridgehead atoms. The average Bonchev–Trinajstić information content (AvgIpc) is 3.15. The number of rotatable bonds is 3. The largest absolute Gasteiger partial charge is 0.371 e. The molecule has 0 aromatic carbocycles. The van der Waals surface area contributed by atoms with Gasteiger partial charge in [0.1, 0.15) is 5.52 Å². The molecule has 0 aliphatic heterocycles. The predicted molar refractivity (Wildman–Crippen MR) is 84.0 cm³/mol. The van der Waals surface area contributed by atoms with E-state index in [1.807, 2.05) is 0 Å². The van der Waals surface area contributed by atoms with Gasteiger partial charge in [-0.3, -0.25) is 0 Å². The van der Waals surface area contributed by atoms with Crippen molar-refractivity contribution in [1.82, 2.24) is 29.2 Å². The first-order valence-corrected chi connectivity index (χ1v) is 6.96. The Morgan fingerprint density at radius 2 is 1.96 bits per heavy atom. The number of anilines is 2. The molecule has 4 heterocycles. The van der Waals surface area contributed by atoms with E-state index >= 15 is 0 Å². The summed E-state index contributed by atoms with van der Waals surface area (Å²) in [4.78, 5) is 8.46. The summed E-state index contributed by atoms with van der Waals surface area (Å²) in [5.41, 5.74) is 2.04. The van der Waals surface area contributed by atoms with E-state index in [4.69, 9.17) is 0 Å². The minimum absolute atomic E-state index is 0.340. The van der Waals surface area contributed by atoms with Crippen LogP contribution in [0.2, 0.25) is 0 Å². The fourth-order valence-electron chi connectivity index (χ4n) is 2.53. The highest BCUT2D eigenvalue weighted by Gasteiger charge is 2.20. The van der Waals surface area contributed by atoms with Crippen LogP contribution in [-0.4, -0.2) is 43.3 Å². The molecule has 4 aromatic heterocycles. The van der Waals surface area contributed by atoms with Gasteiger partial charge in [0.2, 0.25) is 5.95 Å². The van der Waals surface area contributed by atoms with Crippen molar-refractivity contribution in [2.75, 3.05) is 24.7 Å². The van der Waals surface area contributed by atoms with E-state index in [9.17, 15) is 4.39 Å². The Kier molecular flexibility index (Phi) is 2.86. The summed E-state index contributed by atoms with van der Waals surface area (Å²) in [6, 6.07) is 3.51. The smallest absolute Gasteiger partial charge is 0.242 e. The monoisotopic (exact) mass is 312 g/mol. The maximum atomic E-state index is 14.6. The SMILES string of the molecule is CNc1nc(NC)c2c(-c3ccc4nccn4n3)c(F)cn2n1. The second kappa shape index (κ2) is 4.90. The molecule has 0 fully saturated rings. The lowest BCUT2D eigenvalue weighted by Gasteiger charge is -2.08. The zero-order valence-electron chi connectivity index (χ0n) is 12.4. The molecule has 23 heavy (non-hydrogen) atoms. The van der Waals surface area contributed by atoms with Gasteiger partial charge in [-0.15, -0.1) is 5.10 Å². The number of imidazole rings is 1. The van der Waals surface area contributed by atoms with Crippen molar-refractivity contribution < 1.29 is 4.39 Å². The zero-order chi connectivity index (χ0) is 16.0. The summed E-state index contributed by atoms with van der Waals surface area (Å²) in [5.74, 6) is 0.480. The Morgan fingerprint density at radius 1 is 1.09 bits per heavy atom. The van der Waals surface area contributed by atoms with E-state index in [1.54, 1.807) is 43.1 Å². The van der Waals surface area contributed by atoms with Crippen LogP contribution in [0.5, 0.6) is 0 Å². The summed E-state index contributed by atoms with van der Waals surface area (Å²) < 4.78 is 17.6. The van der Waals surface area contributed by atoms with Crippen LogP contribution in [0.25, 0.3) is 22.4 Å². The second-order valence-electron chi connectivity index (χ2n) is 4.88. The summed E-state index contributed by atoms with van der Waals surface area (Å²) in [5, 5.41) is 14.5. The zero-order valence-corrected chi connectivity index (χ0v) is 12.4. The van der Waals surface area contributed by atoms with Crippen LogP contribution < -0.4 is 10.6 Å². The maximum Gasteiger partial charge on any atom is 0.242 e. The number of fused-ring (bicyclic) bond motifs is 2. The fourth-order valence-corrected chi connectivity index (χ4v) is 2.53. The number of nitrogens with one attached hydrogen (secondary N) is 2. The molecule has 2 N–H and O–H groups in total. The summed E-state index contributed by atoms with van der Waals surface area (Å²) in [6.45, 7) is 0. The van der Waals surface area contributed by atoms with Crippen molar-refractivity contribution in [2.45, 2.75) is 0 Å². The van der Waals surface area contributed by atoms with Crippen LogP contribution in [0.15, 0.2) is 30.7 Å². The van der Waals surface area contributed by atoms with Gasteiger partial charge in [0, 0.05) is 26.5 Å². The van der Waals surface area contributed by atoms with Crippen LogP contribution in [0.3, 0.4) is 0 Å². The van der Waals surface area contributed by atoms with Gasteiger partial charge in [0.25, 0.3) is 0 Å². The quantitative estimate of drug-likeness (QED) is 0.598. The molecule has 0 amide bonds. The summed E-state index contributed by atoms with van der Waals surface area (Å²) >= 11 is 0. The lowest BCUT2D eigenvalue weighted by atomic mass is 10.2. The molecule has 0 radical (unpaired) electrons. The van der Waals surface area contributed by atoms with Gasteiger partial charge in [-0.05, 0) is 12.1 Å². The van der Waals surface area contributed by atoms with Gasteiger partial charge in [-0.1, -0.05) is 0 Å². The lowest BCUT2D eigenvalue weighted by Crippen LogP contribution is -2.06. The molecule has 4 rings (SSSR count). The molecule has 0 saturated heterocycles. The van der Waals surface area contributed by atoms with Gasteiger partial charge in [0.15, 0.2) is 17.3 Å². The Morgan fingerprint density at radius 3 is 2.74 bits per heavy atom. The predicted octanol–water partition coefficient (Wildman–Crippen LogP) is 1.66. The first-order valence-electron chi connectivity index (χ1n) is 6.96. The minimum atomic E-state index is -0.420. The number of hydrogen-bond acceptors (Lipinski definition) is 6. The lowest BCUT2D eigenvalue weighted by molar-refractivity contribution is 0.627. The van der Waals surface area contributed by atoms with Gasteiger partial charge in [-0.2, -0.15) is 10.1 Å². The second-order valence-corrected chi connectivity index (χ2v) is 4.88. The Labute approximate surface area is 130 Å². The Balaban J connectivity index is 2.03. The first kappa shape index (κ1) is 13.4. The highest BCUT2D eigenvalue weighted by molar-refractivity contribution is 5.88. The molecule has 9 heteroatoms. The molecule has 0 aliphatic carbocycles. The maximum absolute atomic E-state index is 14.6. The number of halogens is 1. The van der Waals surface area contributed by atoms with Crippen molar-refractivity contribution in [3.63, 3.8) is 0 Å². The average molecular weight is 312 g/mol. The van der Waals surface area contributed by atoms with Gasteiger partial charge in [0.05, 0.1) is 17.5 Å². The van der Waals surface area contributed by atoms with Crippen molar-refractivity contribution in [2.24, 2.45) is 0 Å². The third-order valence-electron chi connectivity index (χ3n) is 3.56. The summed E-state index contributed by atoms with van der Waals surface area (Å²) in [7, 11) is 3.43. The molecule has 0 saturated carbocycles. The Hall–Kier alpha value is -3.23. The standard InChI is InChI=1S/C14H13FN8/c1-16-13-12-11(8(15)7-23(12)21-14(17-2)19-13)9-3-4-10-18-5-6-22(10)20-9/h3-7H,1-2H3,(H2,16,17,19,21). The van der Waals surface area contributed by atoms with Crippen LogP contribution in [0.1, 0.15) is 0 Å². The molecule has 0 aliphatic rings. The van der Waals surface area contributed by atoms with E-state index in [0.29, 0.717) is 34.2 Å². The summed E-state index contributed by atoms with van der Waals surface area (Å²) in [6.07, 6.45) is 4.67. The Bertz CT molecular complexity index is 1020. The molecular weight excluding hydrogens is 299 g/mol. The number of aromatic nitrogens is 6. The van der Waals surface area contributed by atoms with Gasteiger partial charge >= 0.3 is 0 Å². The van der Waals surface area contributed by atoms with Crippen molar-refractivity contribution >= 4 is 22.9 Å². The molecule has 8 nitrogen and oxygen atoms in total. The van der Waals surface area contributed by atoms with Gasteiger partial charge in [-0.25, -0.2) is 18.4 Å². The van der Waals surface area contributed by atoms with Crippen molar-refractivity contribution in [3.8, 4) is 11.3 Å². The first-order chi connectivity index (χ1) is 11.2.